The normalized spacial score (nSPS) is 25.7. The van der Waals surface area contributed by atoms with E-state index in [1.54, 1.807) is 6.08 Å². The molecule has 1 saturated carbocycles. The minimum absolute atomic E-state index is 0.197. The molecule has 0 atom stereocenters. The molecule has 3 rings (SSSR count). The maximum absolute atomic E-state index is 12.6. The summed E-state index contributed by atoms with van der Waals surface area (Å²) in [5.74, 6) is 0.421. The zero-order valence-corrected chi connectivity index (χ0v) is 14.7. The Morgan fingerprint density at radius 2 is 2.08 bits per heavy atom. The first-order valence-electron chi connectivity index (χ1n) is 8.60. The SMILES string of the molecule is CN(CC1CCOCC1)C(C)(C)C(=O)N=C1C=C(C2(O)CC2)N1O. The van der Waals surface area contributed by atoms with Crippen molar-refractivity contribution in [3.05, 3.63) is 11.8 Å². The van der Waals surface area contributed by atoms with Crippen LogP contribution in [0.5, 0.6) is 0 Å². The number of amides is 1. The van der Waals surface area contributed by atoms with E-state index in [2.05, 4.69) is 4.99 Å². The second kappa shape index (κ2) is 6.22. The van der Waals surface area contributed by atoms with Gasteiger partial charge in [-0.05, 0) is 52.5 Å². The smallest absolute Gasteiger partial charge is 0.267 e. The number of aliphatic hydroxyl groups is 1. The molecule has 2 heterocycles. The lowest BCUT2D eigenvalue weighted by Crippen LogP contribution is -2.50. The molecule has 24 heavy (non-hydrogen) atoms. The van der Waals surface area contributed by atoms with Crippen LogP contribution in [0.3, 0.4) is 0 Å². The average molecular weight is 337 g/mol. The summed E-state index contributed by atoms with van der Waals surface area (Å²) in [7, 11) is 1.93. The molecule has 2 aliphatic heterocycles. The monoisotopic (exact) mass is 337 g/mol. The first-order chi connectivity index (χ1) is 11.2. The van der Waals surface area contributed by atoms with Crippen molar-refractivity contribution in [1.82, 2.24) is 9.96 Å². The minimum atomic E-state index is -0.924. The number of hydrogen-bond donors (Lipinski definition) is 2. The van der Waals surface area contributed by atoms with Gasteiger partial charge in [0.1, 0.15) is 5.60 Å². The zero-order chi connectivity index (χ0) is 17.5. The number of rotatable bonds is 5. The van der Waals surface area contributed by atoms with Crippen LogP contribution in [0.2, 0.25) is 0 Å². The molecule has 134 valence electrons. The number of nitrogens with zero attached hydrogens (tertiary/aromatic N) is 3. The maximum atomic E-state index is 12.6. The first-order valence-corrected chi connectivity index (χ1v) is 8.60. The van der Waals surface area contributed by atoms with Crippen molar-refractivity contribution in [1.29, 1.82) is 0 Å². The van der Waals surface area contributed by atoms with Crippen LogP contribution in [0, 0.1) is 5.92 Å². The summed E-state index contributed by atoms with van der Waals surface area (Å²) in [5.41, 5.74) is -1.25. The number of carbonyl (C=O) groups excluding carboxylic acids is 1. The third kappa shape index (κ3) is 3.26. The van der Waals surface area contributed by atoms with Gasteiger partial charge >= 0.3 is 0 Å². The van der Waals surface area contributed by atoms with Crippen LogP contribution in [-0.2, 0) is 9.53 Å². The minimum Gasteiger partial charge on any atom is -0.384 e. The van der Waals surface area contributed by atoms with E-state index < -0.39 is 11.1 Å². The van der Waals surface area contributed by atoms with Gasteiger partial charge in [-0.25, -0.2) is 5.06 Å². The lowest BCUT2D eigenvalue weighted by atomic mass is 9.95. The summed E-state index contributed by atoms with van der Waals surface area (Å²) in [6.45, 7) is 6.07. The predicted molar refractivity (Wildman–Crippen MR) is 88.6 cm³/mol. The van der Waals surface area contributed by atoms with E-state index in [0.29, 0.717) is 24.5 Å². The average Bonchev–Trinajstić information content (AvgIpc) is 3.29. The van der Waals surface area contributed by atoms with E-state index in [1.165, 1.54) is 0 Å². The van der Waals surface area contributed by atoms with Crippen molar-refractivity contribution >= 4 is 11.7 Å². The number of hydroxylamine groups is 2. The summed E-state index contributed by atoms with van der Waals surface area (Å²) < 4.78 is 5.38. The lowest BCUT2D eigenvalue weighted by Gasteiger charge is -2.37. The quantitative estimate of drug-likeness (QED) is 0.783. The van der Waals surface area contributed by atoms with Gasteiger partial charge in [0.15, 0.2) is 5.84 Å². The molecule has 1 aliphatic carbocycles. The molecular formula is C17H27N3O4. The Morgan fingerprint density at radius 3 is 2.62 bits per heavy atom. The van der Waals surface area contributed by atoms with Crippen molar-refractivity contribution in [3.63, 3.8) is 0 Å². The van der Waals surface area contributed by atoms with Gasteiger partial charge in [0, 0.05) is 25.8 Å². The fraction of sp³-hybridized carbons (Fsp3) is 0.765. The van der Waals surface area contributed by atoms with Crippen LogP contribution in [0.1, 0.15) is 39.5 Å². The molecule has 0 bridgehead atoms. The Kier molecular flexibility index (Phi) is 4.55. The second-order valence-corrected chi connectivity index (χ2v) is 7.64. The van der Waals surface area contributed by atoms with Gasteiger partial charge in [0.25, 0.3) is 5.91 Å². The molecule has 0 radical (unpaired) electrons. The summed E-state index contributed by atoms with van der Waals surface area (Å²) in [6, 6.07) is 0. The zero-order valence-electron chi connectivity index (χ0n) is 14.7. The molecule has 1 saturated heterocycles. The van der Waals surface area contributed by atoms with Crippen molar-refractivity contribution in [2.75, 3.05) is 26.8 Å². The highest BCUT2D eigenvalue weighted by Crippen LogP contribution is 2.45. The Bertz CT molecular complexity index is 574. The Balaban J connectivity index is 1.62. The summed E-state index contributed by atoms with van der Waals surface area (Å²) in [5, 5.41) is 20.8. The van der Waals surface area contributed by atoms with Crippen LogP contribution < -0.4 is 0 Å². The Hall–Kier alpha value is -1.28. The van der Waals surface area contributed by atoms with Gasteiger partial charge in [-0.3, -0.25) is 14.9 Å². The topological polar surface area (TPSA) is 85.6 Å². The summed E-state index contributed by atoms with van der Waals surface area (Å²) in [6.07, 6.45) is 4.88. The largest absolute Gasteiger partial charge is 0.384 e. The summed E-state index contributed by atoms with van der Waals surface area (Å²) >= 11 is 0. The van der Waals surface area contributed by atoms with Gasteiger partial charge < -0.3 is 9.84 Å². The van der Waals surface area contributed by atoms with Gasteiger partial charge in [-0.1, -0.05) is 0 Å². The van der Waals surface area contributed by atoms with Crippen LogP contribution in [-0.4, -0.2) is 70.0 Å². The number of aliphatic imine (C=N–C) groups is 1. The molecule has 7 nitrogen and oxygen atoms in total. The standard InChI is InChI=1S/C17H27N3O4/c1-16(2,19(3)11-12-4-8-24-9-5-12)15(21)18-14-10-13(20(14)23)17(22)6-7-17/h10,12,22-23H,4-9,11H2,1-3H3. The maximum Gasteiger partial charge on any atom is 0.267 e. The van der Waals surface area contributed by atoms with Crippen molar-refractivity contribution < 1.29 is 19.8 Å². The highest BCUT2D eigenvalue weighted by Gasteiger charge is 2.51. The van der Waals surface area contributed by atoms with E-state index in [0.717, 1.165) is 37.7 Å². The lowest BCUT2D eigenvalue weighted by molar-refractivity contribution is -0.128. The fourth-order valence-electron chi connectivity index (χ4n) is 3.04. The summed E-state index contributed by atoms with van der Waals surface area (Å²) in [4.78, 5) is 18.6. The van der Waals surface area contributed by atoms with E-state index in [4.69, 9.17) is 4.74 Å². The van der Waals surface area contributed by atoms with Crippen LogP contribution in [0.15, 0.2) is 16.8 Å². The molecule has 0 unspecified atom stereocenters. The molecule has 2 fully saturated rings. The molecule has 3 aliphatic rings. The number of likely N-dealkylation sites (N-methyl/N-ethyl adjacent to an activating group) is 1. The van der Waals surface area contributed by atoms with Crippen molar-refractivity contribution in [3.8, 4) is 0 Å². The molecule has 0 spiro atoms. The van der Waals surface area contributed by atoms with Gasteiger partial charge in [-0.15, -0.1) is 0 Å². The van der Waals surface area contributed by atoms with Crippen molar-refractivity contribution in [2.24, 2.45) is 10.9 Å². The number of carbonyl (C=O) groups is 1. The molecule has 0 aromatic carbocycles. The highest BCUT2D eigenvalue weighted by molar-refractivity contribution is 6.07. The van der Waals surface area contributed by atoms with Crippen LogP contribution in [0.4, 0.5) is 0 Å². The Labute approximate surface area is 142 Å². The predicted octanol–water partition coefficient (Wildman–Crippen LogP) is 1.16. The Morgan fingerprint density at radius 1 is 1.46 bits per heavy atom. The number of hydrogen-bond acceptors (Lipinski definition) is 5. The van der Waals surface area contributed by atoms with E-state index >= 15 is 0 Å². The van der Waals surface area contributed by atoms with E-state index in [9.17, 15) is 15.1 Å². The fourth-order valence-corrected chi connectivity index (χ4v) is 3.04. The van der Waals surface area contributed by atoms with E-state index in [-0.39, 0.29) is 11.7 Å². The van der Waals surface area contributed by atoms with Gasteiger partial charge in [0.2, 0.25) is 0 Å². The van der Waals surface area contributed by atoms with Crippen LogP contribution >= 0.6 is 0 Å². The van der Waals surface area contributed by atoms with Crippen LogP contribution in [0.25, 0.3) is 0 Å². The number of amidine groups is 1. The molecule has 0 aromatic heterocycles. The van der Waals surface area contributed by atoms with Gasteiger partial charge in [0.05, 0.1) is 11.2 Å². The van der Waals surface area contributed by atoms with Crippen molar-refractivity contribution in [2.45, 2.75) is 50.7 Å². The first kappa shape index (κ1) is 17.5. The molecule has 0 aromatic rings. The molecular weight excluding hydrogens is 310 g/mol. The molecule has 7 heteroatoms. The third-order valence-corrected chi connectivity index (χ3v) is 5.48. The highest BCUT2D eigenvalue weighted by atomic mass is 16.5. The second-order valence-electron chi connectivity index (χ2n) is 7.64. The number of ether oxygens (including phenoxy) is 1. The van der Waals surface area contributed by atoms with Gasteiger partial charge in [-0.2, -0.15) is 4.99 Å². The molecule has 2 N–H and O–H groups in total. The van der Waals surface area contributed by atoms with E-state index in [1.807, 2.05) is 25.8 Å². The third-order valence-electron chi connectivity index (χ3n) is 5.48. The molecule has 1 amide bonds.